The maximum atomic E-state index is 12.9. The van der Waals surface area contributed by atoms with Gasteiger partial charge in [-0.1, -0.05) is 26.0 Å². The maximum absolute atomic E-state index is 12.9. The first-order chi connectivity index (χ1) is 15.3. The van der Waals surface area contributed by atoms with E-state index in [-0.39, 0.29) is 36.9 Å². The van der Waals surface area contributed by atoms with Crippen LogP contribution in [0.2, 0.25) is 0 Å². The van der Waals surface area contributed by atoms with Crippen LogP contribution in [0.15, 0.2) is 36.5 Å². The number of rotatable bonds is 7. The second kappa shape index (κ2) is 8.53. The van der Waals surface area contributed by atoms with E-state index in [1.165, 1.54) is 4.90 Å². The third kappa shape index (κ3) is 3.77. The second-order valence-corrected chi connectivity index (χ2v) is 8.47. The van der Waals surface area contributed by atoms with Gasteiger partial charge in [-0.25, -0.2) is 14.5 Å². The highest BCUT2D eigenvalue weighted by molar-refractivity contribution is 6.21. The number of aromatic nitrogens is 3. The largest absolute Gasteiger partial charge is 0.462 e. The zero-order chi connectivity index (χ0) is 23.0. The number of imide groups is 1. The van der Waals surface area contributed by atoms with E-state index in [0.29, 0.717) is 34.1 Å². The lowest BCUT2D eigenvalue weighted by atomic mass is 10.1. The summed E-state index contributed by atoms with van der Waals surface area (Å²) in [7, 11) is 0. The van der Waals surface area contributed by atoms with Crippen molar-refractivity contribution in [2.75, 3.05) is 13.2 Å². The molecule has 4 rings (SSSR count). The predicted molar refractivity (Wildman–Crippen MR) is 119 cm³/mol. The van der Waals surface area contributed by atoms with Crippen molar-refractivity contribution in [3.63, 3.8) is 0 Å². The van der Waals surface area contributed by atoms with E-state index in [2.05, 4.69) is 5.10 Å². The van der Waals surface area contributed by atoms with Gasteiger partial charge in [0, 0.05) is 18.3 Å². The van der Waals surface area contributed by atoms with Crippen LogP contribution in [-0.2, 0) is 4.74 Å². The molecular formula is C24H26N4O4. The van der Waals surface area contributed by atoms with Crippen molar-refractivity contribution in [2.24, 2.45) is 0 Å². The van der Waals surface area contributed by atoms with E-state index in [1.54, 1.807) is 41.2 Å². The first-order valence-corrected chi connectivity index (χ1v) is 10.8. The molecule has 166 valence electrons. The molecule has 0 radical (unpaired) electrons. The van der Waals surface area contributed by atoms with Gasteiger partial charge in [0.2, 0.25) is 0 Å². The van der Waals surface area contributed by atoms with Crippen molar-refractivity contribution < 1.29 is 19.1 Å². The molecule has 0 spiro atoms. The Morgan fingerprint density at radius 2 is 1.72 bits per heavy atom. The van der Waals surface area contributed by atoms with Gasteiger partial charge in [0.25, 0.3) is 11.8 Å². The predicted octanol–water partition coefficient (Wildman–Crippen LogP) is 3.98. The number of pyridine rings is 1. The summed E-state index contributed by atoms with van der Waals surface area (Å²) in [6.45, 7) is 8.32. The summed E-state index contributed by atoms with van der Waals surface area (Å²) >= 11 is 0. The average Bonchev–Trinajstić information content (AvgIpc) is 3.31. The Kier molecular flexibility index (Phi) is 5.78. The Morgan fingerprint density at radius 1 is 1.06 bits per heavy atom. The highest BCUT2D eigenvalue weighted by Gasteiger charge is 2.34. The monoisotopic (exact) mass is 434 g/mol. The van der Waals surface area contributed by atoms with Gasteiger partial charge in [0.05, 0.1) is 34.9 Å². The van der Waals surface area contributed by atoms with E-state index < -0.39 is 5.97 Å². The van der Waals surface area contributed by atoms with Crippen molar-refractivity contribution in [3.05, 3.63) is 58.9 Å². The average molecular weight is 434 g/mol. The minimum Gasteiger partial charge on any atom is -0.462 e. The highest BCUT2D eigenvalue weighted by Crippen LogP contribution is 2.25. The molecule has 2 amide bonds. The van der Waals surface area contributed by atoms with Gasteiger partial charge in [-0.15, -0.1) is 0 Å². The number of amides is 2. The molecule has 0 unspecified atom stereocenters. The molecule has 0 aliphatic carbocycles. The van der Waals surface area contributed by atoms with Crippen molar-refractivity contribution >= 4 is 28.8 Å². The van der Waals surface area contributed by atoms with Crippen LogP contribution in [-0.4, -0.2) is 50.6 Å². The van der Waals surface area contributed by atoms with Gasteiger partial charge in [-0.3, -0.25) is 14.5 Å². The van der Waals surface area contributed by atoms with E-state index in [4.69, 9.17) is 9.72 Å². The minimum absolute atomic E-state index is 0.0887. The molecule has 32 heavy (non-hydrogen) atoms. The van der Waals surface area contributed by atoms with E-state index in [9.17, 15) is 14.4 Å². The van der Waals surface area contributed by atoms with Crippen LogP contribution < -0.4 is 0 Å². The quantitative estimate of drug-likeness (QED) is 0.317. The van der Waals surface area contributed by atoms with Crippen molar-refractivity contribution in [3.8, 4) is 0 Å². The van der Waals surface area contributed by atoms with Crippen LogP contribution in [0.1, 0.15) is 82.8 Å². The number of fused-ring (bicyclic) bond motifs is 2. The SMILES string of the molecule is CC(C)c1cc(C(=O)OCCCN2C(=O)c3ccccc3C2=O)c2cnn(C(C)C)c2n1. The molecule has 0 saturated heterocycles. The zero-order valence-corrected chi connectivity index (χ0v) is 18.7. The third-order valence-electron chi connectivity index (χ3n) is 5.52. The van der Waals surface area contributed by atoms with Crippen molar-refractivity contribution in [1.82, 2.24) is 19.7 Å². The van der Waals surface area contributed by atoms with Crippen LogP contribution in [0.25, 0.3) is 11.0 Å². The first kappa shape index (κ1) is 21.7. The molecule has 0 atom stereocenters. The van der Waals surface area contributed by atoms with Gasteiger partial charge in [-0.2, -0.15) is 5.10 Å². The number of ether oxygens (including phenoxy) is 1. The molecule has 3 heterocycles. The van der Waals surface area contributed by atoms with E-state index >= 15 is 0 Å². The summed E-state index contributed by atoms with van der Waals surface area (Å²) in [4.78, 5) is 43.7. The molecule has 0 N–H and O–H groups in total. The molecule has 3 aromatic rings. The summed E-state index contributed by atoms with van der Waals surface area (Å²) < 4.78 is 7.29. The van der Waals surface area contributed by atoms with Crippen LogP contribution in [0.3, 0.4) is 0 Å². The summed E-state index contributed by atoms with van der Waals surface area (Å²) in [6, 6.07) is 8.62. The van der Waals surface area contributed by atoms with E-state index in [0.717, 1.165) is 5.69 Å². The van der Waals surface area contributed by atoms with Gasteiger partial charge in [0.1, 0.15) is 0 Å². The van der Waals surface area contributed by atoms with Crippen molar-refractivity contribution in [1.29, 1.82) is 0 Å². The molecule has 2 aromatic heterocycles. The molecule has 1 aliphatic heterocycles. The summed E-state index contributed by atoms with van der Waals surface area (Å²) in [5, 5.41) is 5.03. The Hall–Kier alpha value is -3.55. The van der Waals surface area contributed by atoms with Gasteiger partial charge >= 0.3 is 5.97 Å². The molecule has 8 nitrogen and oxygen atoms in total. The summed E-state index contributed by atoms with van der Waals surface area (Å²) in [5.74, 6) is -0.953. The lowest BCUT2D eigenvalue weighted by Gasteiger charge is -2.14. The maximum Gasteiger partial charge on any atom is 0.339 e. The van der Waals surface area contributed by atoms with Gasteiger partial charge in [-0.05, 0) is 44.4 Å². The number of hydrogen-bond donors (Lipinski definition) is 0. The Morgan fingerprint density at radius 3 is 2.31 bits per heavy atom. The van der Waals surface area contributed by atoms with Gasteiger partial charge in [0.15, 0.2) is 5.65 Å². The summed E-state index contributed by atoms with van der Waals surface area (Å²) in [6.07, 6.45) is 2.00. The number of esters is 1. The molecule has 0 fully saturated rings. The Balaban J connectivity index is 1.45. The fraction of sp³-hybridized carbons (Fsp3) is 0.375. The molecule has 0 bridgehead atoms. The third-order valence-corrected chi connectivity index (χ3v) is 5.52. The van der Waals surface area contributed by atoms with Crippen LogP contribution >= 0.6 is 0 Å². The lowest BCUT2D eigenvalue weighted by molar-refractivity contribution is 0.0484. The standard InChI is InChI=1S/C24H26N4O4/c1-14(2)20-12-18(19-13-25-28(15(3)4)21(19)26-20)24(31)32-11-7-10-27-22(29)16-8-5-6-9-17(16)23(27)30/h5-6,8-9,12-15H,7,10-11H2,1-4H3. The minimum atomic E-state index is -0.468. The number of nitrogens with zero attached hydrogens (tertiary/aromatic N) is 4. The van der Waals surface area contributed by atoms with Crippen molar-refractivity contribution in [2.45, 2.75) is 46.1 Å². The molecule has 1 aromatic carbocycles. The van der Waals surface area contributed by atoms with Crippen LogP contribution in [0.5, 0.6) is 0 Å². The highest BCUT2D eigenvalue weighted by atomic mass is 16.5. The molecular weight excluding hydrogens is 408 g/mol. The normalized spacial score (nSPS) is 13.5. The molecule has 1 aliphatic rings. The Bertz CT molecular complexity index is 1180. The number of carbonyl (C=O) groups is 3. The fourth-order valence-corrected chi connectivity index (χ4v) is 3.79. The van der Waals surface area contributed by atoms with Crippen LogP contribution in [0, 0.1) is 0 Å². The van der Waals surface area contributed by atoms with Gasteiger partial charge < -0.3 is 4.74 Å². The van der Waals surface area contributed by atoms with E-state index in [1.807, 2.05) is 27.7 Å². The zero-order valence-electron chi connectivity index (χ0n) is 18.7. The first-order valence-electron chi connectivity index (χ1n) is 10.8. The lowest BCUT2D eigenvalue weighted by Crippen LogP contribution is -2.31. The molecule has 0 saturated carbocycles. The number of carbonyl (C=O) groups excluding carboxylic acids is 3. The summed E-state index contributed by atoms with van der Waals surface area (Å²) in [5.41, 5.74) is 2.70. The second-order valence-electron chi connectivity index (χ2n) is 8.47. The Labute approximate surface area is 186 Å². The van der Waals surface area contributed by atoms with Crippen LogP contribution in [0.4, 0.5) is 0 Å². The topological polar surface area (TPSA) is 94.4 Å². The number of benzene rings is 1. The smallest absolute Gasteiger partial charge is 0.339 e. The fourth-order valence-electron chi connectivity index (χ4n) is 3.79. The number of hydrogen-bond acceptors (Lipinski definition) is 6. The molecule has 8 heteroatoms.